The summed E-state index contributed by atoms with van der Waals surface area (Å²) >= 11 is 0. The number of ether oxygens (including phenoxy) is 2. The molecule has 0 aromatic carbocycles. The van der Waals surface area contributed by atoms with Gasteiger partial charge in [-0.05, 0) is 70.6 Å². The van der Waals surface area contributed by atoms with Gasteiger partial charge in [-0.25, -0.2) is 0 Å². The highest BCUT2D eigenvalue weighted by Crippen LogP contribution is 2.51. The van der Waals surface area contributed by atoms with Crippen LogP contribution in [-0.4, -0.2) is 49.0 Å². The fourth-order valence-corrected chi connectivity index (χ4v) is 6.03. The van der Waals surface area contributed by atoms with E-state index in [0.29, 0.717) is 38.2 Å². The summed E-state index contributed by atoms with van der Waals surface area (Å²) < 4.78 is 11.2. The SMILES string of the molecule is CCCCC(CC)COC(=O)C(C)(CC)C(C)(C)CC(C)(CC(C)N1CCCCCC1=O)C(=O)OC. The van der Waals surface area contributed by atoms with E-state index in [-0.39, 0.29) is 23.9 Å². The van der Waals surface area contributed by atoms with Gasteiger partial charge in [0, 0.05) is 19.0 Å². The fraction of sp³-hybridized carbons (Fsp3) is 0.900. The van der Waals surface area contributed by atoms with Crippen LogP contribution < -0.4 is 0 Å². The molecular formula is C30H55NO5. The van der Waals surface area contributed by atoms with E-state index in [0.717, 1.165) is 51.5 Å². The molecule has 0 spiro atoms. The van der Waals surface area contributed by atoms with E-state index in [1.54, 1.807) is 0 Å². The van der Waals surface area contributed by atoms with Crippen molar-refractivity contribution in [2.24, 2.45) is 22.2 Å². The van der Waals surface area contributed by atoms with Crippen molar-refractivity contribution in [1.82, 2.24) is 4.90 Å². The topological polar surface area (TPSA) is 72.9 Å². The molecule has 0 aromatic rings. The van der Waals surface area contributed by atoms with Crippen molar-refractivity contribution in [2.75, 3.05) is 20.3 Å². The van der Waals surface area contributed by atoms with Crippen LogP contribution in [-0.2, 0) is 23.9 Å². The fourth-order valence-electron chi connectivity index (χ4n) is 6.03. The molecule has 4 atom stereocenters. The van der Waals surface area contributed by atoms with Crippen molar-refractivity contribution in [3.05, 3.63) is 0 Å². The van der Waals surface area contributed by atoms with Gasteiger partial charge in [-0.1, -0.05) is 60.3 Å². The minimum absolute atomic E-state index is 0.0841. The Kier molecular flexibility index (Phi) is 13.0. The first kappa shape index (κ1) is 32.4. The second kappa shape index (κ2) is 14.4. The average molecular weight is 510 g/mol. The van der Waals surface area contributed by atoms with Crippen molar-refractivity contribution in [3.63, 3.8) is 0 Å². The van der Waals surface area contributed by atoms with Gasteiger partial charge in [0.05, 0.1) is 24.5 Å². The zero-order valence-electron chi connectivity index (χ0n) is 24.8. The third kappa shape index (κ3) is 8.21. The van der Waals surface area contributed by atoms with Gasteiger partial charge in [0.2, 0.25) is 5.91 Å². The number of carbonyl (C=O) groups is 3. The zero-order valence-corrected chi connectivity index (χ0v) is 24.8. The monoisotopic (exact) mass is 509 g/mol. The lowest BCUT2D eigenvalue weighted by atomic mass is 9.58. The van der Waals surface area contributed by atoms with Crippen molar-refractivity contribution >= 4 is 17.8 Å². The summed E-state index contributed by atoms with van der Waals surface area (Å²) in [5.41, 5.74) is -2.13. The van der Waals surface area contributed by atoms with E-state index in [4.69, 9.17) is 9.47 Å². The Morgan fingerprint density at radius 3 is 2.25 bits per heavy atom. The van der Waals surface area contributed by atoms with Crippen LogP contribution in [0.3, 0.4) is 0 Å². The molecule has 4 unspecified atom stereocenters. The number of esters is 2. The van der Waals surface area contributed by atoms with Gasteiger partial charge in [0.15, 0.2) is 0 Å². The predicted octanol–water partition coefficient (Wildman–Crippen LogP) is 6.94. The van der Waals surface area contributed by atoms with Gasteiger partial charge in [-0.15, -0.1) is 0 Å². The third-order valence-corrected chi connectivity index (χ3v) is 9.04. The van der Waals surface area contributed by atoms with E-state index in [9.17, 15) is 14.4 Å². The summed E-state index contributed by atoms with van der Waals surface area (Å²) in [6.45, 7) is 17.6. The number of amides is 1. The number of rotatable bonds is 15. The molecule has 0 bridgehead atoms. The van der Waals surface area contributed by atoms with Crippen LogP contribution in [0.25, 0.3) is 0 Å². The number of nitrogens with zero attached hydrogens (tertiary/aromatic N) is 1. The molecule has 0 saturated carbocycles. The van der Waals surface area contributed by atoms with Crippen LogP contribution in [0.15, 0.2) is 0 Å². The Morgan fingerprint density at radius 1 is 1.03 bits per heavy atom. The normalized spacial score (nSPS) is 20.0. The Hall–Kier alpha value is -1.59. The quantitative estimate of drug-likeness (QED) is 0.224. The second-order valence-corrected chi connectivity index (χ2v) is 12.3. The molecule has 36 heavy (non-hydrogen) atoms. The predicted molar refractivity (Wildman–Crippen MR) is 145 cm³/mol. The van der Waals surface area contributed by atoms with Gasteiger partial charge in [0.1, 0.15) is 0 Å². The number of hydrogen-bond donors (Lipinski definition) is 0. The van der Waals surface area contributed by atoms with Gasteiger partial charge < -0.3 is 14.4 Å². The number of likely N-dealkylation sites (tertiary alicyclic amines) is 1. The number of hydrogen-bond acceptors (Lipinski definition) is 5. The van der Waals surface area contributed by atoms with Crippen molar-refractivity contribution in [3.8, 4) is 0 Å². The van der Waals surface area contributed by atoms with Crippen LogP contribution in [0.1, 0.15) is 126 Å². The molecule has 0 radical (unpaired) electrons. The average Bonchev–Trinajstić information content (AvgIpc) is 3.06. The van der Waals surface area contributed by atoms with Crippen molar-refractivity contribution < 1.29 is 23.9 Å². The minimum Gasteiger partial charge on any atom is -0.469 e. The standard InChI is InChI=1S/C30H55NO5/c1-10-13-17-24(11-2)21-36-27(34)30(8,12-3)28(5,6)22-29(7,26(33)35-9)20-23(4)31-19-16-14-15-18-25(31)32/h23-24H,10-22H2,1-9H3. The van der Waals surface area contributed by atoms with E-state index < -0.39 is 16.2 Å². The summed E-state index contributed by atoms with van der Waals surface area (Å²) in [5, 5.41) is 0. The maximum atomic E-state index is 13.5. The lowest BCUT2D eigenvalue weighted by molar-refractivity contribution is -0.170. The van der Waals surface area contributed by atoms with Crippen LogP contribution in [0.5, 0.6) is 0 Å². The molecule has 1 aliphatic heterocycles. The van der Waals surface area contributed by atoms with E-state index in [2.05, 4.69) is 27.7 Å². The molecule has 1 saturated heterocycles. The summed E-state index contributed by atoms with van der Waals surface area (Å²) in [6.07, 6.45) is 9.47. The highest BCUT2D eigenvalue weighted by Gasteiger charge is 2.52. The molecule has 210 valence electrons. The highest BCUT2D eigenvalue weighted by atomic mass is 16.5. The van der Waals surface area contributed by atoms with Crippen LogP contribution in [0, 0.1) is 22.2 Å². The van der Waals surface area contributed by atoms with Crippen LogP contribution in [0.2, 0.25) is 0 Å². The highest BCUT2D eigenvalue weighted by molar-refractivity contribution is 5.79. The largest absolute Gasteiger partial charge is 0.469 e. The van der Waals surface area contributed by atoms with Gasteiger partial charge >= 0.3 is 11.9 Å². The maximum Gasteiger partial charge on any atom is 0.312 e. The smallest absolute Gasteiger partial charge is 0.312 e. The van der Waals surface area contributed by atoms with Gasteiger partial charge in [0.25, 0.3) is 0 Å². The van der Waals surface area contributed by atoms with Crippen LogP contribution in [0.4, 0.5) is 0 Å². The maximum absolute atomic E-state index is 13.5. The zero-order chi connectivity index (χ0) is 27.6. The van der Waals surface area contributed by atoms with E-state index in [1.807, 2.05) is 32.6 Å². The Morgan fingerprint density at radius 2 is 1.69 bits per heavy atom. The number of carbonyl (C=O) groups excluding carboxylic acids is 3. The Labute approximate surface area is 221 Å². The third-order valence-electron chi connectivity index (χ3n) is 9.04. The van der Waals surface area contributed by atoms with E-state index >= 15 is 0 Å². The molecule has 0 aliphatic carbocycles. The molecule has 1 fully saturated rings. The molecule has 0 N–H and O–H groups in total. The molecule has 6 heteroatoms. The van der Waals surface area contributed by atoms with E-state index in [1.165, 1.54) is 7.11 Å². The first-order valence-corrected chi connectivity index (χ1v) is 14.4. The molecule has 1 heterocycles. The summed E-state index contributed by atoms with van der Waals surface area (Å²) in [5.74, 6) is 0.0718. The van der Waals surface area contributed by atoms with Crippen molar-refractivity contribution in [2.45, 2.75) is 132 Å². The lowest BCUT2D eigenvalue weighted by Gasteiger charge is -2.47. The molecule has 1 aliphatic rings. The second-order valence-electron chi connectivity index (χ2n) is 12.3. The first-order chi connectivity index (χ1) is 16.8. The van der Waals surface area contributed by atoms with Gasteiger partial charge in [-0.3, -0.25) is 14.4 Å². The van der Waals surface area contributed by atoms with Crippen molar-refractivity contribution in [1.29, 1.82) is 0 Å². The summed E-state index contributed by atoms with van der Waals surface area (Å²) in [4.78, 5) is 41.4. The summed E-state index contributed by atoms with van der Waals surface area (Å²) in [6, 6.07) is -0.0841. The molecule has 1 rings (SSSR count). The lowest BCUT2D eigenvalue weighted by Crippen LogP contribution is -2.49. The molecular weight excluding hydrogens is 454 g/mol. The Balaban J connectivity index is 3.11. The van der Waals surface area contributed by atoms with Crippen LogP contribution >= 0.6 is 0 Å². The summed E-state index contributed by atoms with van der Waals surface area (Å²) in [7, 11) is 1.42. The van der Waals surface area contributed by atoms with Gasteiger partial charge in [-0.2, -0.15) is 0 Å². The number of unbranched alkanes of at least 4 members (excludes halogenated alkanes) is 1. The number of methoxy groups -OCH3 is 1. The molecule has 0 aromatic heterocycles. The minimum atomic E-state index is -0.839. The first-order valence-electron chi connectivity index (χ1n) is 14.4. The molecule has 6 nitrogen and oxygen atoms in total. The molecule has 1 amide bonds. The Bertz CT molecular complexity index is 720.